The van der Waals surface area contributed by atoms with Crippen LogP contribution in [0.4, 0.5) is 0 Å². The minimum Gasteiger partial charge on any atom is -0.422 e. The average Bonchev–Trinajstić information content (AvgIpc) is 3.26. The molecule has 0 spiro atoms. The highest BCUT2D eigenvalue weighted by atomic mass is 32.2. The van der Waals surface area contributed by atoms with Crippen LogP contribution in [0.2, 0.25) is 0 Å². The van der Waals surface area contributed by atoms with Gasteiger partial charge >= 0.3 is 5.69 Å². The highest BCUT2D eigenvalue weighted by molar-refractivity contribution is 7.89. The lowest BCUT2D eigenvalue weighted by atomic mass is 10.3. The molecule has 4 rings (SSSR count). The summed E-state index contributed by atoms with van der Waals surface area (Å²) < 4.78 is 38.4. The van der Waals surface area contributed by atoms with Crippen molar-refractivity contribution >= 4 is 21.1 Å². The van der Waals surface area contributed by atoms with Gasteiger partial charge in [-0.1, -0.05) is 6.92 Å². The molecule has 11 heteroatoms. The number of sulfonamides is 1. The minimum atomic E-state index is -3.76. The number of rotatable bonds is 4. The SMILES string of the molecule is CCc1nnc([C@@H]2CN(S(=O)(=O)c3ccc4[nH]c(=O)[nH]c4c3)CCO2)o1. The molecule has 3 heterocycles. The topological polar surface area (TPSA) is 134 Å². The lowest BCUT2D eigenvalue weighted by Crippen LogP contribution is -2.42. The van der Waals surface area contributed by atoms with Crippen LogP contribution in [0.5, 0.6) is 0 Å². The first kappa shape index (κ1) is 16.9. The number of nitrogens with one attached hydrogen (secondary N) is 2. The van der Waals surface area contributed by atoms with Gasteiger partial charge in [-0.25, -0.2) is 13.2 Å². The molecule has 0 amide bonds. The molecule has 3 aromatic rings. The van der Waals surface area contributed by atoms with E-state index in [0.29, 0.717) is 23.3 Å². The fourth-order valence-corrected chi connectivity index (χ4v) is 4.31. The molecule has 0 saturated carbocycles. The van der Waals surface area contributed by atoms with E-state index in [1.165, 1.54) is 16.4 Å². The molecule has 1 aromatic carbocycles. The maximum Gasteiger partial charge on any atom is 0.323 e. The van der Waals surface area contributed by atoms with Crippen molar-refractivity contribution in [2.45, 2.75) is 24.3 Å². The number of aromatic amines is 2. The molecule has 0 bridgehead atoms. The molecule has 0 radical (unpaired) electrons. The number of nitrogens with zero attached hydrogens (tertiary/aromatic N) is 3. The van der Waals surface area contributed by atoms with Crippen molar-refractivity contribution in [1.82, 2.24) is 24.5 Å². The van der Waals surface area contributed by atoms with E-state index in [1.54, 1.807) is 6.07 Å². The Morgan fingerprint density at radius 2 is 2.08 bits per heavy atom. The zero-order valence-corrected chi connectivity index (χ0v) is 14.7. The lowest BCUT2D eigenvalue weighted by Gasteiger charge is -2.30. The van der Waals surface area contributed by atoms with E-state index in [9.17, 15) is 13.2 Å². The predicted molar refractivity (Wildman–Crippen MR) is 90.0 cm³/mol. The summed E-state index contributed by atoms with van der Waals surface area (Å²) in [6, 6.07) is 4.46. The van der Waals surface area contributed by atoms with Gasteiger partial charge in [0, 0.05) is 19.5 Å². The maximum atomic E-state index is 13.0. The molecule has 10 nitrogen and oxygen atoms in total. The molecule has 138 valence electrons. The van der Waals surface area contributed by atoms with Gasteiger partial charge in [-0.05, 0) is 18.2 Å². The molecule has 1 aliphatic heterocycles. The Bertz CT molecular complexity index is 1100. The molecule has 2 aromatic heterocycles. The van der Waals surface area contributed by atoms with Crippen molar-refractivity contribution in [2.75, 3.05) is 19.7 Å². The van der Waals surface area contributed by atoms with Gasteiger partial charge in [0.15, 0.2) is 0 Å². The number of fused-ring (bicyclic) bond motifs is 1. The van der Waals surface area contributed by atoms with Crippen LogP contribution in [-0.2, 0) is 21.2 Å². The molecule has 2 N–H and O–H groups in total. The lowest BCUT2D eigenvalue weighted by molar-refractivity contribution is -0.0177. The van der Waals surface area contributed by atoms with Crippen LogP contribution in [0.1, 0.15) is 24.8 Å². The summed E-state index contributed by atoms with van der Waals surface area (Å²) >= 11 is 0. The summed E-state index contributed by atoms with van der Waals surface area (Å²) in [4.78, 5) is 16.6. The standard InChI is InChI=1S/C15H17N5O5S/c1-2-13-18-19-14(25-13)12-8-20(5-6-24-12)26(22,23)9-3-4-10-11(7-9)17-15(21)16-10/h3-4,7,12H,2,5-6,8H2,1H3,(H2,16,17,21)/t12-/m0/s1. The van der Waals surface area contributed by atoms with Gasteiger partial charge in [0.05, 0.1) is 22.5 Å². The molecular formula is C15H17N5O5S. The number of imidazole rings is 1. The summed E-state index contributed by atoms with van der Waals surface area (Å²) in [5.74, 6) is 0.748. The van der Waals surface area contributed by atoms with Crippen LogP contribution in [0.3, 0.4) is 0 Å². The number of hydrogen-bond donors (Lipinski definition) is 2. The van der Waals surface area contributed by atoms with E-state index in [-0.39, 0.29) is 36.2 Å². The largest absolute Gasteiger partial charge is 0.422 e. The number of hydrogen-bond acceptors (Lipinski definition) is 7. The molecule has 0 unspecified atom stereocenters. The fraction of sp³-hybridized carbons (Fsp3) is 0.400. The Hall–Kier alpha value is -2.50. The van der Waals surface area contributed by atoms with E-state index in [2.05, 4.69) is 20.2 Å². The maximum absolute atomic E-state index is 13.0. The molecular weight excluding hydrogens is 362 g/mol. The summed E-state index contributed by atoms with van der Waals surface area (Å²) in [6.45, 7) is 2.40. The van der Waals surface area contributed by atoms with Crippen LogP contribution < -0.4 is 5.69 Å². The van der Waals surface area contributed by atoms with E-state index in [1.807, 2.05) is 6.92 Å². The van der Waals surface area contributed by atoms with E-state index in [4.69, 9.17) is 9.15 Å². The van der Waals surface area contributed by atoms with Crippen molar-refractivity contribution in [2.24, 2.45) is 0 Å². The Morgan fingerprint density at radius 1 is 1.27 bits per heavy atom. The molecule has 1 fully saturated rings. The van der Waals surface area contributed by atoms with Crippen LogP contribution in [0.15, 0.2) is 32.3 Å². The highest BCUT2D eigenvalue weighted by Gasteiger charge is 2.34. The predicted octanol–water partition coefficient (Wildman–Crippen LogP) is 0.564. The van der Waals surface area contributed by atoms with Crippen LogP contribution in [0.25, 0.3) is 11.0 Å². The Morgan fingerprint density at radius 3 is 2.85 bits per heavy atom. The van der Waals surface area contributed by atoms with Gasteiger partial charge in [-0.3, -0.25) is 0 Å². The monoisotopic (exact) mass is 379 g/mol. The van der Waals surface area contributed by atoms with Crippen molar-refractivity contribution in [3.63, 3.8) is 0 Å². The number of H-pyrrole nitrogens is 2. The van der Waals surface area contributed by atoms with Crippen LogP contribution in [-0.4, -0.2) is 52.6 Å². The van der Waals surface area contributed by atoms with Crippen LogP contribution >= 0.6 is 0 Å². The summed E-state index contributed by atoms with van der Waals surface area (Å²) in [7, 11) is -3.76. The Kier molecular flexibility index (Phi) is 4.13. The van der Waals surface area contributed by atoms with Crippen molar-refractivity contribution in [3.05, 3.63) is 40.5 Å². The number of benzene rings is 1. The number of morpholine rings is 1. The average molecular weight is 379 g/mol. The third-order valence-corrected chi connectivity index (χ3v) is 6.08. The zero-order chi connectivity index (χ0) is 18.3. The third kappa shape index (κ3) is 2.93. The van der Waals surface area contributed by atoms with Crippen molar-refractivity contribution < 1.29 is 17.6 Å². The van der Waals surface area contributed by atoms with Crippen LogP contribution in [0, 0.1) is 0 Å². The molecule has 1 atom stereocenters. The smallest absolute Gasteiger partial charge is 0.323 e. The van der Waals surface area contributed by atoms with E-state index < -0.39 is 16.1 Å². The molecule has 26 heavy (non-hydrogen) atoms. The van der Waals surface area contributed by atoms with E-state index >= 15 is 0 Å². The highest BCUT2D eigenvalue weighted by Crippen LogP contribution is 2.26. The zero-order valence-electron chi connectivity index (χ0n) is 13.9. The summed E-state index contributed by atoms with van der Waals surface area (Å²) in [6.07, 6.45) is -0.0153. The van der Waals surface area contributed by atoms with E-state index in [0.717, 1.165) is 0 Å². The second-order valence-electron chi connectivity index (χ2n) is 5.90. The molecule has 1 aliphatic rings. The first-order chi connectivity index (χ1) is 12.5. The van der Waals surface area contributed by atoms with Gasteiger partial charge in [-0.15, -0.1) is 10.2 Å². The Labute approximate surface area is 148 Å². The van der Waals surface area contributed by atoms with Gasteiger partial charge in [0.25, 0.3) is 0 Å². The van der Waals surface area contributed by atoms with Crippen molar-refractivity contribution in [3.8, 4) is 0 Å². The normalized spacial score (nSPS) is 19.2. The fourth-order valence-electron chi connectivity index (χ4n) is 2.85. The second-order valence-corrected chi connectivity index (χ2v) is 7.83. The second kappa shape index (κ2) is 6.34. The summed E-state index contributed by atoms with van der Waals surface area (Å²) in [5.41, 5.74) is 0.598. The quantitative estimate of drug-likeness (QED) is 0.676. The Balaban J connectivity index is 1.62. The van der Waals surface area contributed by atoms with Gasteiger partial charge in [-0.2, -0.15) is 4.31 Å². The number of ether oxygens (including phenoxy) is 1. The number of aromatic nitrogens is 4. The summed E-state index contributed by atoms with van der Waals surface area (Å²) in [5, 5.41) is 7.83. The van der Waals surface area contributed by atoms with Gasteiger partial charge < -0.3 is 19.1 Å². The molecule has 1 saturated heterocycles. The van der Waals surface area contributed by atoms with Gasteiger partial charge in [0.1, 0.15) is 6.10 Å². The number of aryl methyl sites for hydroxylation is 1. The first-order valence-corrected chi connectivity index (χ1v) is 9.57. The van der Waals surface area contributed by atoms with Crippen molar-refractivity contribution in [1.29, 1.82) is 0 Å². The minimum absolute atomic E-state index is 0.0787. The molecule has 0 aliphatic carbocycles. The van der Waals surface area contributed by atoms with Gasteiger partial charge in [0.2, 0.25) is 21.8 Å². The first-order valence-electron chi connectivity index (χ1n) is 8.13. The third-order valence-electron chi connectivity index (χ3n) is 4.21.